The normalized spacial score (nSPS) is 49.5. The molecule has 0 aromatic rings. The molecule has 0 aliphatic heterocycles. The van der Waals surface area contributed by atoms with Gasteiger partial charge in [-0.3, -0.25) is 0 Å². The monoisotopic (exact) mass is 154 g/mol. The van der Waals surface area contributed by atoms with E-state index in [1.54, 1.807) is 12.1 Å². The number of fused-ring (bicyclic) bond motifs is 1. The zero-order valence-electron chi connectivity index (χ0n) is 5.56. The molecule has 2 atom stereocenters. The Morgan fingerprint density at radius 3 is 1.45 bits per heavy atom. The highest BCUT2D eigenvalue weighted by molar-refractivity contribution is 5.48. The summed E-state index contributed by atoms with van der Waals surface area (Å²) in [6, 6.07) is 3.12. The van der Waals surface area contributed by atoms with Crippen LogP contribution in [0.25, 0.3) is 0 Å². The summed E-state index contributed by atoms with van der Waals surface area (Å²) < 4.78 is 25.7. The Hall–Kier alpha value is -1.16. The van der Waals surface area contributed by atoms with Gasteiger partial charge < -0.3 is 0 Å². The third kappa shape index (κ3) is 0.305. The van der Waals surface area contributed by atoms with Crippen molar-refractivity contribution >= 4 is 0 Å². The minimum absolute atomic E-state index is 0.171. The number of hydrogen-bond donors (Lipinski definition) is 0. The minimum atomic E-state index is -3.05. The summed E-state index contributed by atoms with van der Waals surface area (Å²) in [7, 11) is 0. The molecule has 11 heavy (non-hydrogen) atoms. The number of nitriles is 2. The lowest BCUT2D eigenvalue weighted by Gasteiger charge is -2.19. The zero-order valence-corrected chi connectivity index (χ0v) is 5.56. The van der Waals surface area contributed by atoms with Crippen molar-refractivity contribution in [2.75, 3.05) is 0 Å². The predicted molar refractivity (Wildman–Crippen MR) is 30.3 cm³/mol. The van der Waals surface area contributed by atoms with Gasteiger partial charge in [0.25, 0.3) is 5.92 Å². The summed E-state index contributed by atoms with van der Waals surface area (Å²) in [5.74, 6) is -3.05. The highest BCUT2D eigenvalue weighted by Crippen LogP contribution is 2.85. The number of alkyl halides is 2. The van der Waals surface area contributed by atoms with Crippen LogP contribution in [0.2, 0.25) is 0 Å². The second-order valence-electron chi connectivity index (χ2n) is 3.11. The van der Waals surface area contributed by atoms with Gasteiger partial charge in [0.15, 0.2) is 0 Å². The smallest absolute Gasteiger partial charge is 0.203 e. The molecule has 2 saturated carbocycles. The standard InChI is InChI=1S/C7H4F2N2/c8-7(9)5(3-10)1-2-6(5,7)4-11/h1-2H2. The van der Waals surface area contributed by atoms with Gasteiger partial charge in [-0.1, -0.05) is 0 Å². The van der Waals surface area contributed by atoms with E-state index in [4.69, 9.17) is 10.5 Å². The molecule has 0 N–H and O–H groups in total. The van der Waals surface area contributed by atoms with E-state index < -0.39 is 16.8 Å². The molecule has 0 bridgehead atoms. The third-order valence-electron chi connectivity index (χ3n) is 2.99. The second kappa shape index (κ2) is 1.25. The summed E-state index contributed by atoms with van der Waals surface area (Å²) in [6.45, 7) is 0. The van der Waals surface area contributed by atoms with Gasteiger partial charge in [-0.05, 0) is 12.8 Å². The second-order valence-corrected chi connectivity index (χ2v) is 3.11. The van der Waals surface area contributed by atoms with E-state index in [9.17, 15) is 8.78 Å². The number of nitrogens with zero attached hydrogens (tertiary/aromatic N) is 2. The van der Waals surface area contributed by atoms with Gasteiger partial charge >= 0.3 is 0 Å². The fourth-order valence-electron chi connectivity index (χ4n) is 1.99. The molecule has 2 rings (SSSR count). The van der Waals surface area contributed by atoms with Crippen molar-refractivity contribution in [2.24, 2.45) is 10.8 Å². The SMILES string of the molecule is N#CC12CCC1(C#N)C2(F)F. The molecule has 2 fully saturated rings. The van der Waals surface area contributed by atoms with E-state index in [0.717, 1.165) is 0 Å². The molecule has 0 saturated heterocycles. The molecule has 2 aliphatic rings. The molecule has 56 valence electrons. The van der Waals surface area contributed by atoms with E-state index in [1.807, 2.05) is 0 Å². The van der Waals surface area contributed by atoms with Crippen LogP contribution in [0.5, 0.6) is 0 Å². The van der Waals surface area contributed by atoms with Crippen molar-refractivity contribution in [1.82, 2.24) is 0 Å². The Morgan fingerprint density at radius 2 is 1.36 bits per heavy atom. The maximum Gasteiger partial charge on any atom is 0.288 e. The third-order valence-corrected chi connectivity index (χ3v) is 2.99. The molecular weight excluding hydrogens is 150 g/mol. The van der Waals surface area contributed by atoms with Crippen molar-refractivity contribution in [2.45, 2.75) is 18.8 Å². The molecule has 0 radical (unpaired) electrons. The van der Waals surface area contributed by atoms with Gasteiger partial charge in [0.05, 0.1) is 12.1 Å². The van der Waals surface area contributed by atoms with Crippen LogP contribution in [0.15, 0.2) is 0 Å². The average molecular weight is 154 g/mol. The molecule has 2 nitrogen and oxygen atoms in total. The quantitative estimate of drug-likeness (QED) is 0.530. The van der Waals surface area contributed by atoms with Crippen molar-refractivity contribution in [3.8, 4) is 12.1 Å². The van der Waals surface area contributed by atoms with E-state index in [0.29, 0.717) is 0 Å². The Labute approximate surface area is 62.0 Å². The molecule has 2 aliphatic carbocycles. The van der Waals surface area contributed by atoms with Gasteiger partial charge in [0.2, 0.25) is 0 Å². The fraction of sp³-hybridized carbons (Fsp3) is 0.714. The number of hydrogen-bond acceptors (Lipinski definition) is 2. The number of rotatable bonds is 0. The number of halogens is 2. The molecular formula is C7H4F2N2. The van der Waals surface area contributed by atoms with Crippen LogP contribution in [-0.2, 0) is 0 Å². The van der Waals surface area contributed by atoms with Crippen molar-refractivity contribution in [1.29, 1.82) is 10.5 Å². The van der Waals surface area contributed by atoms with Crippen molar-refractivity contribution in [3.05, 3.63) is 0 Å². The van der Waals surface area contributed by atoms with Crippen LogP contribution in [0, 0.1) is 33.5 Å². The van der Waals surface area contributed by atoms with Gasteiger partial charge in [-0.25, -0.2) is 8.78 Å². The summed E-state index contributed by atoms with van der Waals surface area (Å²) in [4.78, 5) is 0. The van der Waals surface area contributed by atoms with E-state index in [1.165, 1.54) is 0 Å². The average Bonchev–Trinajstić information content (AvgIpc) is 2.15. The first-order valence-electron chi connectivity index (χ1n) is 3.28. The lowest BCUT2D eigenvalue weighted by Crippen LogP contribution is -2.22. The van der Waals surface area contributed by atoms with E-state index in [2.05, 4.69) is 0 Å². The summed E-state index contributed by atoms with van der Waals surface area (Å²) >= 11 is 0. The van der Waals surface area contributed by atoms with Crippen molar-refractivity contribution < 1.29 is 8.78 Å². The van der Waals surface area contributed by atoms with E-state index >= 15 is 0 Å². The first-order chi connectivity index (χ1) is 5.08. The lowest BCUT2D eigenvalue weighted by atomic mass is 9.76. The molecule has 0 aromatic carbocycles. The maximum absolute atomic E-state index is 12.8. The molecule has 0 spiro atoms. The molecule has 2 unspecified atom stereocenters. The minimum Gasteiger partial charge on any atom is -0.203 e. The fourth-order valence-corrected chi connectivity index (χ4v) is 1.99. The Balaban J connectivity index is 2.49. The topological polar surface area (TPSA) is 47.6 Å². The molecule has 4 heteroatoms. The van der Waals surface area contributed by atoms with Crippen LogP contribution in [-0.4, -0.2) is 5.92 Å². The Morgan fingerprint density at radius 1 is 1.00 bits per heavy atom. The van der Waals surface area contributed by atoms with Crippen LogP contribution >= 0.6 is 0 Å². The van der Waals surface area contributed by atoms with Gasteiger partial charge in [-0.2, -0.15) is 10.5 Å². The highest BCUT2D eigenvalue weighted by Gasteiger charge is 2.98. The zero-order chi connectivity index (χ0) is 8.33. The van der Waals surface area contributed by atoms with Gasteiger partial charge in [0, 0.05) is 0 Å². The van der Waals surface area contributed by atoms with Crippen LogP contribution < -0.4 is 0 Å². The van der Waals surface area contributed by atoms with Crippen molar-refractivity contribution in [3.63, 3.8) is 0 Å². The molecule has 0 aromatic heterocycles. The summed E-state index contributed by atoms with van der Waals surface area (Å²) in [5.41, 5.74) is -3.23. The summed E-state index contributed by atoms with van der Waals surface area (Å²) in [5, 5.41) is 16.9. The Bertz CT molecular complexity index is 281. The highest BCUT2D eigenvalue weighted by atomic mass is 19.3. The Kier molecular flexibility index (Phi) is 0.744. The first-order valence-corrected chi connectivity index (χ1v) is 3.28. The first kappa shape index (κ1) is 6.54. The van der Waals surface area contributed by atoms with Gasteiger partial charge in [0.1, 0.15) is 10.8 Å². The van der Waals surface area contributed by atoms with Crippen LogP contribution in [0.4, 0.5) is 8.78 Å². The van der Waals surface area contributed by atoms with E-state index in [-0.39, 0.29) is 12.8 Å². The lowest BCUT2D eigenvalue weighted by molar-refractivity contribution is 0.0771. The summed E-state index contributed by atoms with van der Waals surface area (Å²) in [6.07, 6.45) is 0.341. The maximum atomic E-state index is 12.8. The predicted octanol–water partition coefficient (Wildman–Crippen LogP) is 1.45. The van der Waals surface area contributed by atoms with Crippen LogP contribution in [0.3, 0.4) is 0 Å². The molecule has 0 amide bonds. The molecule has 0 heterocycles. The van der Waals surface area contributed by atoms with Gasteiger partial charge in [-0.15, -0.1) is 0 Å². The van der Waals surface area contributed by atoms with Crippen LogP contribution in [0.1, 0.15) is 12.8 Å². The largest absolute Gasteiger partial charge is 0.288 e.